The van der Waals surface area contributed by atoms with Crippen LogP contribution in [-0.4, -0.2) is 53.8 Å². The maximum atomic E-state index is 12.5. The van der Waals surface area contributed by atoms with Crippen molar-refractivity contribution >= 4 is 29.3 Å². The van der Waals surface area contributed by atoms with Gasteiger partial charge in [-0.2, -0.15) is 0 Å². The Balaban J connectivity index is 1.41. The van der Waals surface area contributed by atoms with Crippen molar-refractivity contribution in [1.82, 2.24) is 10.1 Å². The molecule has 1 aromatic heterocycles. The average molecular weight is 390 g/mol. The number of carbonyl (C=O) groups is 2. The Morgan fingerprint density at radius 3 is 2.56 bits per heavy atom. The number of amides is 2. The Morgan fingerprint density at radius 1 is 1.26 bits per heavy atom. The summed E-state index contributed by atoms with van der Waals surface area (Å²) in [4.78, 5) is 27.9. The number of quaternary nitrogens is 1. The van der Waals surface area contributed by atoms with Crippen molar-refractivity contribution < 1.29 is 19.0 Å². The first-order chi connectivity index (χ1) is 13.0. The van der Waals surface area contributed by atoms with E-state index in [0.29, 0.717) is 5.75 Å². The van der Waals surface area contributed by atoms with E-state index in [4.69, 9.17) is 4.52 Å². The van der Waals surface area contributed by atoms with Crippen LogP contribution in [0.15, 0.2) is 39.8 Å². The summed E-state index contributed by atoms with van der Waals surface area (Å²) in [5, 5.41) is 6.78. The molecule has 2 aromatic rings. The van der Waals surface area contributed by atoms with Crippen LogP contribution < -0.4 is 10.2 Å². The summed E-state index contributed by atoms with van der Waals surface area (Å²) < 4.78 is 5.11. The summed E-state index contributed by atoms with van der Waals surface area (Å²) in [5.41, 5.74) is 1.74. The molecular formula is C19H25N4O3S+. The predicted octanol–water partition coefficient (Wildman–Crippen LogP) is 0.961. The van der Waals surface area contributed by atoms with E-state index in [2.05, 4.69) is 10.5 Å². The second kappa shape index (κ2) is 9.05. The summed E-state index contributed by atoms with van der Waals surface area (Å²) in [6, 6.07) is 9.51. The Labute approximate surface area is 163 Å². The fourth-order valence-electron chi connectivity index (χ4n) is 3.08. The van der Waals surface area contributed by atoms with E-state index >= 15 is 0 Å². The number of benzene rings is 1. The first kappa shape index (κ1) is 19.4. The van der Waals surface area contributed by atoms with Gasteiger partial charge in [0.2, 0.25) is 11.8 Å². The molecule has 2 N–H and O–H groups in total. The van der Waals surface area contributed by atoms with Gasteiger partial charge in [-0.25, -0.2) is 0 Å². The van der Waals surface area contributed by atoms with Gasteiger partial charge >= 0.3 is 0 Å². The molecule has 8 heteroatoms. The Bertz CT molecular complexity index is 783. The van der Waals surface area contributed by atoms with E-state index in [0.717, 1.165) is 54.8 Å². The fourth-order valence-corrected chi connectivity index (χ4v) is 3.88. The molecule has 0 aliphatic carbocycles. The van der Waals surface area contributed by atoms with Crippen LogP contribution in [0.1, 0.15) is 18.4 Å². The molecule has 0 saturated carbocycles. The van der Waals surface area contributed by atoms with Crippen LogP contribution in [0.4, 0.5) is 5.69 Å². The number of piperazine rings is 1. The lowest BCUT2D eigenvalue weighted by Crippen LogP contribution is -3.13. The average Bonchev–Trinajstić information content (AvgIpc) is 3.06. The van der Waals surface area contributed by atoms with Gasteiger partial charge < -0.3 is 19.6 Å². The summed E-state index contributed by atoms with van der Waals surface area (Å²) in [6.45, 7) is 7.61. The molecule has 0 radical (unpaired) electrons. The lowest BCUT2D eigenvalue weighted by atomic mass is 10.3. The van der Waals surface area contributed by atoms with Crippen LogP contribution >= 0.6 is 11.8 Å². The molecule has 1 aliphatic rings. The molecular weight excluding hydrogens is 364 g/mol. The quantitative estimate of drug-likeness (QED) is 0.720. The molecule has 2 heterocycles. The highest BCUT2D eigenvalue weighted by Crippen LogP contribution is 2.20. The third-order valence-electron chi connectivity index (χ3n) is 4.47. The van der Waals surface area contributed by atoms with Crippen LogP contribution in [0.25, 0.3) is 0 Å². The van der Waals surface area contributed by atoms with Crippen molar-refractivity contribution in [3.8, 4) is 0 Å². The lowest BCUT2D eigenvalue weighted by molar-refractivity contribution is -0.918. The number of anilines is 1. The van der Waals surface area contributed by atoms with Gasteiger partial charge in [-0.15, -0.1) is 11.8 Å². The van der Waals surface area contributed by atoms with E-state index < -0.39 is 0 Å². The Morgan fingerprint density at radius 2 is 1.96 bits per heavy atom. The number of aromatic nitrogens is 1. The number of carbonyl (C=O) groups excluding carboxylic acids is 2. The maximum absolute atomic E-state index is 12.5. The zero-order valence-corrected chi connectivity index (χ0v) is 16.5. The van der Waals surface area contributed by atoms with Crippen LogP contribution in [-0.2, 0) is 16.1 Å². The number of hydrogen-bond donors (Lipinski definition) is 2. The highest BCUT2D eigenvalue weighted by atomic mass is 32.2. The number of rotatable bonds is 6. The molecule has 1 fully saturated rings. The zero-order valence-electron chi connectivity index (χ0n) is 15.7. The first-order valence-corrected chi connectivity index (χ1v) is 10.0. The predicted molar refractivity (Wildman–Crippen MR) is 104 cm³/mol. The van der Waals surface area contributed by atoms with E-state index in [1.165, 1.54) is 23.6 Å². The number of hydrogen-bond acceptors (Lipinski definition) is 5. The van der Waals surface area contributed by atoms with E-state index in [-0.39, 0.29) is 11.8 Å². The Hall–Kier alpha value is -2.32. The van der Waals surface area contributed by atoms with Crippen molar-refractivity contribution in [3.05, 3.63) is 41.8 Å². The molecule has 0 unspecified atom stereocenters. The summed E-state index contributed by atoms with van der Waals surface area (Å²) in [6.07, 6.45) is 0. The van der Waals surface area contributed by atoms with E-state index in [1.807, 2.05) is 42.2 Å². The van der Waals surface area contributed by atoms with Crippen LogP contribution in [0, 0.1) is 6.92 Å². The minimum Gasteiger partial charge on any atom is -0.361 e. The van der Waals surface area contributed by atoms with Gasteiger partial charge in [0.1, 0.15) is 18.0 Å². The SMILES string of the molecule is CC(=O)Nc1ccc(SCC(=O)N2CC[NH+](Cc3cc(C)on3)CC2)cc1. The van der Waals surface area contributed by atoms with E-state index in [9.17, 15) is 9.59 Å². The molecule has 3 rings (SSSR count). The van der Waals surface area contributed by atoms with Gasteiger partial charge in [0, 0.05) is 23.6 Å². The normalized spacial score (nSPS) is 15.0. The molecule has 27 heavy (non-hydrogen) atoms. The molecule has 1 saturated heterocycles. The molecule has 2 amide bonds. The molecule has 0 spiro atoms. The molecule has 1 aromatic carbocycles. The number of thioether (sulfide) groups is 1. The molecule has 1 aliphatic heterocycles. The lowest BCUT2D eigenvalue weighted by Gasteiger charge is -2.31. The topological polar surface area (TPSA) is 79.9 Å². The number of nitrogens with zero attached hydrogens (tertiary/aromatic N) is 2. The van der Waals surface area contributed by atoms with Crippen molar-refractivity contribution in [3.63, 3.8) is 0 Å². The number of aryl methyl sites for hydroxylation is 1. The second-order valence-electron chi connectivity index (χ2n) is 6.73. The van der Waals surface area contributed by atoms with E-state index in [1.54, 1.807) is 0 Å². The van der Waals surface area contributed by atoms with Gasteiger partial charge in [0.15, 0.2) is 0 Å². The highest BCUT2D eigenvalue weighted by molar-refractivity contribution is 8.00. The third kappa shape index (κ3) is 5.83. The van der Waals surface area contributed by atoms with Crippen LogP contribution in [0.5, 0.6) is 0 Å². The molecule has 144 valence electrons. The number of nitrogens with one attached hydrogen (secondary N) is 2. The largest absolute Gasteiger partial charge is 0.361 e. The minimum absolute atomic E-state index is 0.0921. The third-order valence-corrected chi connectivity index (χ3v) is 5.46. The first-order valence-electron chi connectivity index (χ1n) is 9.03. The molecule has 0 bridgehead atoms. The summed E-state index contributed by atoms with van der Waals surface area (Å²) >= 11 is 1.52. The Kier molecular flexibility index (Phi) is 6.52. The minimum atomic E-state index is -0.0921. The zero-order chi connectivity index (χ0) is 19.2. The van der Waals surface area contributed by atoms with Gasteiger partial charge in [-0.3, -0.25) is 9.59 Å². The van der Waals surface area contributed by atoms with Gasteiger partial charge in [0.25, 0.3) is 0 Å². The maximum Gasteiger partial charge on any atom is 0.233 e. The van der Waals surface area contributed by atoms with Crippen molar-refractivity contribution in [2.45, 2.75) is 25.3 Å². The van der Waals surface area contributed by atoms with Crippen molar-refractivity contribution in [2.75, 3.05) is 37.2 Å². The van der Waals surface area contributed by atoms with Crippen LogP contribution in [0.2, 0.25) is 0 Å². The standard InChI is InChI=1S/C19H24N4O3S/c1-14-11-17(21-26-14)12-22-7-9-23(10-8-22)19(25)13-27-18-5-3-16(4-6-18)20-15(2)24/h3-6,11H,7-10,12-13H2,1-2H3,(H,20,24)/p+1. The smallest absolute Gasteiger partial charge is 0.233 e. The van der Waals surface area contributed by atoms with Crippen LogP contribution in [0.3, 0.4) is 0 Å². The fraction of sp³-hybridized carbons (Fsp3) is 0.421. The van der Waals surface area contributed by atoms with Gasteiger partial charge in [-0.05, 0) is 31.2 Å². The highest BCUT2D eigenvalue weighted by Gasteiger charge is 2.24. The summed E-state index contributed by atoms with van der Waals surface area (Å²) in [5.74, 6) is 1.34. The summed E-state index contributed by atoms with van der Waals surface area (Å²) in [7, 11) is 0. The molecule has 0 atom stereocenters. The van der Waals surface area contributed by atoms with Gasteiger partial charge in [-0.1, -0.05) is 5.16 Å². The monoisotopic (exact) mass is 389 g/mol. The molecule has 7 nitrogen and oxygen atoms in total. The van der Waals surface area contributed by atoms with Crippen molar-refractivity contribution in [2.24, 2.45) is 0 Å². The van der Waals surface area contributed by atoms with Crippen molar-refractivity contribution in [1.29, 1.82) is 0 Å². The van der Waals surface area contributed by atoms with Gasteiger partial charge in [0.05, 0.1) is 31.9 Å². The second-order valence-corrected chi connectivity index (χ2v) is 7.78.